The molecule has 1 aromatic rings. The molecular weight excluding hydrogens is 198 g/mol. The van der Waals surface area contributed by atoms with Crippen molar-refractivity contribution in [1.82, 2.24) is 5.32 Å². The number of nitrogens with one attached hydrogen (secondary N) is 1. The molecule has 0 aliphatic carbocycles. The zero-order chi connectivity index (χ0) is 11.5. The Morgan fingerprint density at radius 3 is 2.88 bits per heavy atom. The van der Waals surface area contributed by atoms with Crippen LogP contribution in [0, 0.1) is 5.92 Å². The lowest BCUT2D eigenvalue weighted by Gasteiger charge is -2.21. The molecule has 0 bridgehead atoms. The molecule has 0 amide bonds. The molecule has 0 radical (unpaired) electrons. The van der Waals surface area contributed by atoms with E-state index in [-0.39, 0.29) is 0 Å². The van der Waals surface area contributed by atoms with E-state index in [1.54, 1.807) is 0 Å². The zero-order valence-electron chi connectivity index (χ0n) is 10.4. The first-order chi connectivity index (χ1) is 7.72. The number of para-hydroxylation sites is 1. The lowest BCUT2D eigenvalue weighted by molar-refractivity contribution is 0.345. The van der Waals surface area contributed by atoms with Gasteiger partial charge in [0.1, 0.15) is 5.75 Å². The van der Waals surface area contributed by atoms with Crippen molar-refractivity contribution in [2.75, 3.05) is 13.7 Å². The Bertz CT molecular complexity index is 360. The largest absolute Gasteiger partial charge is 0.493 e. The number of rotatable bonds is 4. The summed E-state index contributed by atoms with van der Waals surface area (Å²) >= 11 is 0. The molecule has 2 nitrogen and oxygen atoms in total. The molecule has 0 saturated carbocycles. The second-order valence-corrected chi connectivity index (χ2v) is 4.90. The Kier molecular flexibility index (Phi) is 3.49. The van der Waals surface area contributed by atoms with Crippen molar-refractivity contribution in [2.45, 2.75) is 32.7 Å². The summed E-state index contributed by atoms with van der Waals surface area (Å²) in [4.78, 5) is 0. The van der Waals surface area contributed by atoms with Gasteiger partial charge in [-0.05, 0) is 24.9 Å². The third-order valence-electron chi connectivity index (χ3n) is 3.18. The van der Waals surface area contributed by atoms with Crippen molar-refractivity contribution < 1.29 is 4.74 Å². The van der Waals surface area contributed by atoms with Gasteiger partial charge in [0, 0.05) is 18.0 Å². The van der Waals surface area contributed by atoms with Crippen LogP contribution in [0.5, 0.6) is 5.75 Å². The summed E-state index contributed by atoms with van der Waals surface area (Å²) in [5.74, 6) is 1.82. The van der Waals surface area contributed by atoms with E-state index in [1.165, 1.54) is 11.1 Å². The van der Waals surface area contributed by atoms with Crippen LogP contribution in [0.3, 0.4) is 0 Å². The lowest BCUT2D eigenvalue weighted by atomic mass is 9.95. The van der Waals surface area contributed by atoms with Crippen LogP contribution in [0.4, 0.5) is 0 Å². The maximum absolute atomic E-state index is 5.75. The Labute approximate surface area is 98.0 Å². The van der Waals surface area contributed by atoms with E-state index in [4.69, 9.17) is 4.74 Å². The molecule has 0 spiro atoms. The fraction of sp³-hybridized carbons (Fsp3) is 0.571. The number of benzene rings is 1. The molecule has 2 rings (SSSR count). The van der Waals surface area contributed by atoms with Crippen molar-refractivity contribution in [3.63, 3.8) is 0 Å². The van der Waals surface area contributed by atoms with E-state index in [0.29, 0.717) is 12.0 Å². The molecule has 1 aromatic carbocycles. The normalized spacial score (nSPS) is 16.0. The standard InChI is InChI=1S/C14H21NO/c1-10(2)9-13(15-3)12-6-4-5-11-7-8-16-14(11)12/h4-6,10,13,15H,7-9H2,1-3H3. The van der Waals surface area contributed by atoms with Gasteiger partial charge in [-0.2, -0.15) is 0 Å². The van der Waals surface area contributed by atoms with Crippen LogP contribution in [0.25, 0.3) is 0 Å². The van der Waals surface area contributed by atoms with Gasteiger partial charge in [-0.15, -0.1) is 0 Å². The average molecular weight is 219 g/mol. The van der Waals surface area contributed by atoms with Crippen LogP contribution in [-0.4, -0.2) is 13.7 Å². The van der Waals surface area contributed by atoms with Crippen LogP contribution in [0.1, 0.15) is 37.4 Å². The molecule has 1 aliphatic heterocycles. The van der Waals surface area contributed by atoms with Crippen LogP contribution in [0.2, 0.25) is 0 Å². The first kappa shape index (κ1) is 11.5. The summed E-state index contributed by atoms with van der Waals surface area (Å²) in [6.07, 6.45) is 2.21. The molecule has 0 saturated heterocycles. The van der Waals surface area contributed by atoms with Crippen molar-refractivity contribution in [1.29, 1.82) is 0 Å². The SMILES string of the molecule is CNC(CC(C)C)c1cccc2c1OCC2. The highest BCUT2D eigenvalue weighted by atomic mass is 16.5. The molecule has 1 atom stereocenters. The van der Waals surface area contributed by atoms with Gasteiger partial charge < -0.3 is 10.1 Å². The quantitative estimate of drug-likeness (QED) is 0.840. The summed E-state index contributed by atoms with van der Waals surface area (Å²) in [6, 6.07) is 6.92. The summed E-state index contributed by atoms with van der Waals surface area (Å²) in [5.41, 5.74) is 2.69. The van der Waals surface area contributed by atoms with Crippen LogP contribution >= 0.6 is 0 Å². The molecular formula is C14H21NO. The summed E-state index contributed by atoms with van der Waals surface area (Å²) < 4.78 is 5.75. The van der Waals surface area contributed by atoms with Crippen molar-refractivity contribution in [2.24, 2.45) is 5.92 Å². The topological polar surface area (TPSA) is 21.3 Å². The van der Waals surface area contributed by atoms with Crippen molar-refractivity contribution in [3.8, 4) is 5.75 Å². The van der Waals surface area contributed by atoms with Crippen LogP contribution in [0.15, 0.2) is 18.2 Å². The molecule has 16 heavy (non-hydrogen) atoms. The second-order valence-electron chi connectivity index (χ2n) is 4.90. The molecule has 1 unspecified atom stereocenters. The van der Waals surface area contributed by atoms with Crippen molar-refractivity contribution in [3.05, 3.63) is 29.3 Å². The number of hydrogen-bond donors (Lipinski definition) is 1. The van der Waals surface area contributed by atoms with Gasteiger partial charge in [0.15, 0.2) is 0 Å². The third kappa shape index (κ3) is 2.22. The Balaban J connectivity index is 2.28. The Morgan fingerprint density at radius 1 is 1.38 bits per heavy atom. The molecule has 2 heteroatoms. The maximum Gasteiger partial charge on any atom is 0.127 e. The minimum atomic E-state index is 0.410. The predicted molar refractivity (Wildman–Crippen MR) is 66.9 cm³/mol. The summed E-state index contributed by atoms with van der Waals surface area (Å²) in [7, 11) is 2.03. The summed E-state index contributed by atoms with van der Waals surface area (Å²) in [5, 5.41) is 3.40. The predicted octanol–water partition coefficient (Wildman–Crippen LogP) is 2.93. The van der Waals surface area contributed by atoms with E-state index >= 15 is 0 Å². The average Bonchev–Trinajstić information content (AvgIpc) is 2.73. The third-order valence-corrected chi connectivity index (χ3v) is 3.18. The van der Waals surface area contributed by atoms with Gasteiger partial charge in [0.05, 0.1) is 6.61 Å². The highest BCUT2D eigenvalue weighted by molar-refractivity contribution is 5.45. The van der Waals surface area contributed by atoms with Crippen LogP contribution < -0.4 is 10.1 Å². The van der Waals surface area contributed by atoms with Gasteiger partial charge in [0.2, 0.25) is 0 Å². The first-order valence-electron chi connectivity index (χ1n) is 6.14. The fourth-order valence-corrected chi connectivity index (χ4v) is 2.39. The van der Waals surface area contributed by atoms with Gasteiger partial charge in [-0.1, -0.05) is 32.0 Å². The Morgan fingerprint density at radius 2 is 2.19 bits per heavy atom. The lowest BCUT2D eigenvalue weighted by Crippen LogP contribution is -2.19. The first-order valence-corrected chi connectivity index (χ1v) is 6.14. The number of fused-ring (bicyclic) bond motifs is 1. The molecule has 1 aliphatic rings. The highest BCUT2D eigenvalue weighted by Gasteiger charge is 2.21. The minimum absolute atomic E-state index is 0.410. The van der Waals surface area contributed by atoms with Gasteiger partial charge >= 0.3 is 0 Å². The van der Waals surface area contributed by atoms with E-state index in [0.717, 1.165) is 25.2 Å². The highest BCUT2D eigenvalue weighted by Crippen LogP contribution is 2.35. The number of hydrogen-bond acceptors (Lipinski definition) is 2. The van der Waals surface area contributed by atoms with E-state index < -0.39 is 0 Å². The van der Waals surface area contributed by atoms with Gasteiger partial charge in [-0.3, -0.25) is 0 Å². The zero-order valence-corrected chi connectivity index (χ0v) is 10.4. The monoisotopic (exact) mass is 219 g/mol. The maximum atomic E-state index is 5.75. The second kappa shape index (κ2) is 4.88. The van der Waals surface area contributed by atoms with E-state index in [2.05, 4.69) is 37.4 Å². The molecule has 1 heterocycles. The molecule has 0 aromatic heterocycles. The van der Waals surface area contributed by atoms with Gasteiger partial charge in [-0.25, -0.2) is 0 Å². The Hall–Kier alpha value is -1.02. The fourth-order valence-electron chi connectivity index (χ4n) is 2.39. The molecule has 1 N–H and O–H groups in total. The van der Waals surface area contributed by atoms with Crippen LogP contribution in [-0.2, 0) is 6.42 Å². The minimum Gasteiger partial charge on any atom is -0.493 e. The molecule has 0 fully saturated rings. The molecule has 88 valence electrons. The van der Waals surface area contributed by atoms with E-state index in [9.17, 15) is 0 Å². The van der Waals surface area contributed by atoms with E-state index in [1.807, 2.05) is 7.05 Å². The number of ether oxygens (including phenoxy) is 1. The smallest absolute Gasteiger partial charge is 0.127 e. The van der Waals surface area contributed by atoms with Gasteiger partial charge in [0.25, 0.3) is 0 Å². The van der Waals surface area contributed by atoms with Crippen molar-refractivity contribution >= 4 is 0 Å². The summed E-state index contributed by atoms with van der Waals surface area (Å²) in [6.45, 7) is 5.35.